The lowest BCUT2D eigenvalue weighted by atomic mass is 10.2. The Balaban J connectivity index is 1.19. The van der Waals surface area contributed by atoms with Crippen molar-refractivity contribution in [3.05, 3.63) is 30.2 Å². The van der Waals surface area contributed by atoms with Crippen molar-refractivity contribution in [2.45, 2.75) is 43.7 Å². The number of nitrogens with zero attached hydrogens (tertiary/aromatic N) is 5. The molecule has 2 saturated carbocycles. The van der Waals surface area contributed by atoms with Crippen molar-refractivity contribution in [2.75, 3.05) is 41.3 Å². The Morgan fingerprint density at radius 3 is 2.55 bits per heavy atom. The Kier molecular flexibility index (Phi) is 3.42. The van der Waals surface area contributed by atoms with Crippen LogP contribution in [0.4, 0.5) is 23.1 Å². The third-order valence-electron chi connectivity index (χ3n) is 7.41. The van der Waals surface area contributed by atoms with E-state index in [2.05, 4.69) is 42.5 Å². The maximum Gasteiger partial charge on any atom is 0.150 e. The van der Waals surface area contributed by atoms with E-state index in [1.165, 1.54) is 31.4 Å². The lowest BCUT2D eigenvalue weighted by Crippen LogP contribution is -2.43. The number of piperidine rings is 1. The molecule has 4 atom stereocenters. The van der Waals surface area contributed by atoms with Gasteiger partial charge in [-0.15, -0.1) is 0 Å². The molecule has 2 aromatic rings. The third kappa shape index (κ3) is 2.94. The van der Waals surface area contributed by atoms with Gasteiger partial charge < -0.3 is 20.4 Å². The minimum Gasteiger partial charge on any atom is -0.365 e. The first-order valence-electron chi connectivity index (χ1n) is 11.1. The second kappa shape index (κ2) is 6.05. The van der Waals surface area contributed by atoms with Gasteiger partial charge in [-0.1, -0.05) is 0 Å². The normalized spacial score (nSPS) is 32.0. The van der Waals surface area contributed by atoms with Crippen molar-refractivity contribution in [3.63, 3.8) is 0 Å². The molecule has 0 spiro atoms. The van der Waals surface area contributed by atoms with Crippen molar-refractivity contribution in [3.8, 4) is 0 Å². The third-order valence-corrected chi connectivity index (χ3v) is 7.41. The summed E-state index contributed by atoms with van der Waals surface area (Å²) >= 11 is 0. The molecule has 7 heteroatoms. The monoisotopic (exact) mass is 389 g/mol. The molecule has 150 valence electrons. The molecule has 5 aliphatic rings. The SMILES string of the molecule is c1nc(C2CC2)cnc1Nc1cc(N2CC3CC2CN3)cc(N2CC3CC3C2)n1. The van der Waals surface area contributed by atoms with E-state index in [0.717, 1.165) is 61.2 Å². The highest BCUT2D eigenvalue weighted by Gasteiger charge is 2.45. The van der Waals surface area contributed by atoms with Gasteiger partial charge in [-0.2, -0.15) is 0 Å². The molecule has 4 unspecified atom stereocenters. The van der Waals surface area contributed by atoms with Gasteiger partial charge in [-0.3, -0.25) is 4.98 Å². The minimum atomic E-state index is 0.604. The van der Waals surface area contributed by atoms with Gasteiger partial charge in [0, 0.05) is 62.0 Å². The van der Waals surface area contributed by atoms with E-state index in [4.69, 9.17) is 4.98 Å². The van der Waals surface area contributed by atoms with Gasteiger partial charge in [-0.05, 0) is 37.5 Å². The van der Waals surface area contributed by atoms with Crippen molar-refractivity contribution in [2.24, 2.45) is 11.8 Å². The molecule has 3 saturated heterocycles. The van der Waals surface area contributed by atoms with E-state index in [-0.39, 0.29) is 0 Å². The number of nitrogens with one attached hydrogen (secondary N) is 2. The van der Waals surface area contributed by atoms with E-state index in [1.54, 1.807) is 0 Å². The number of fused-ring (bicyclic) bond motifs is 3. The van der Waals surface area contributed by atoms with Gasteiger partial charge in [0.15, 0.2) is 0 Å². The van der Waals surface area contributed by atoms with Crippen LogP contribution in [0.25, 0.3) is 0 Å². The van der Waals surface area contributed by atoms with Crippen LogP contribution in [0.5, 0.6) is 0 Å². The average molecular weight is 390 g/mol. The maximum atomic E-state index is 4.97. The van der Waals surface area contributed by atoms with Gasteiger partial charge >= 0.3 is 0 Å². The summed E-state index contributed by atoms with van der Waals surface area (Å²) in [6, 6.07) is 5.73. The fraction of sp³-hybridized carbons (Fsp3) is 0.591. The molecule has 2 N–H and O–H groups in total. The van der Waals surface area contributed by atoms with E-state index < -0.39 is 0 Å². The van der Waals surface area contributed by atoms with E-state index in [9.17, 15) is 0 Å². The number of rotatable bonds is 5. The van der Waals surface area contributed by atoms with Crippen LogP contribution in [0.1, 0.15) is 37.3 Å². The molecule has 3 aliphatic heterocycles. The second-order valence-corrected chi connectivity index (χ2v) is 9.60. The van der Waals surface area contributed by atoms with Crippen molar-refractivity contribution in [1.29, 1.82) is 0 Å². The first kappa shape index (κ1) is 16.4. The molecule has 5 fully saturated rings. The molecule has 29 heavy (non-hydrogen) atoms. The summed E-state index contributed by atoms with van der Waals surface area (Å²) in [7, 11) is 0. The zero-order chi connectivity index (χ0) is 18.9. The van der Waals surface area contributed by atoms with Crippen LogP contribution in [0.15, 0.2) is 24.5 Å². The molecule has 2 aliphatic carbocycles. The molecule has 7 rings (SSSR count). The number of hydrogen-bond acceptors (Lipinski definition) is 7. The molecular weight excluding hydrogens is 362 g/mol. The van der Waals surface area contributed by atoms with Crippen LogP contribution in [-0.2, 0) is 0 Å². The molecule has 2 aromatic heterocycles. The Hall–Kier alpha value is -2.41. The summed E-state index contributed by atoms with van der Waals surface area (Å²) in [5.41, 5.74) is 2.41. The van der Waals surface area contributed by atoms with E-state index >= 15 is 0 Å². The number of pyridine rings is 1. The summed E-state index contributed by atoms with van der Waals surface area (Å²) in [5.74, 6) is 5.18. The molecule has 2 bridgehead atoms. The van der Waals surface area contributed by atoms with Crippen LogP contribution in [-0.4, -0.2) is 53.2 Å². The fourth-order valence-electron chi connectivity index (χ4n) is 5.48. The lowest BCUT2D eigenvalue weighted by Gasteiger charge is -2.31. The van der Waals surface area contributed by atoms with Crippen LogP contribution < -0.4 is 20.4 Å². The molecule has 5 heterocycles. The fourth-order valence-corrected chi connectivity index (χ4v) is 5.48. The maximum absolute atomic E-state index is 4.97. The zero-order valence-corrected chi connectivity index (χ0v) is 16.6. The number of aromatic nitrogens is 3. The van der Waals surface area contributed by atoms with E-state index in [0.29, 0.717) is 18.0 Å². The Bertz CT molecular complexity index is 931. The Morgan fingerprint density at radius 2 is 1.86 bits per heavy atom. The average Bonchev–Trinajstić information content (AvgIpc) is 3.60. The van der Waals surface area contributed by atoms with Crippen LogP contribution in [0.3, 0.4) is 0 Å². The smallest absolute Gasteiger partial charge is 0.150 e. The Labute approximate surface area is 170 Å². The summed E-state index contributed by atoms with van der Waals surface area (Å²) in [4.78, 5) is 19.2. The zero-order valence-electron chi connectivity index (χ0n) is 16.6. The van der Waals surface area contributed by atoms with Gasteiger partial charge in [-0.25, -0.2) is 9.97 Å². The van der Waals surface area contributed by atoms with Crippen LogP contribution in [0, 0.1) is 11.8 Å². The first-order valence-corrected chi connectivity index (χ1v) is 11.1. The standard InChI is InChI=1S/C22H27N7/c1-2-13(1)19-8-25-21(9-24-19)26-20-5-17(29-12-16-4-18(29)7-23-16)6-22(27-20)28-10-14-3-15(14)11-28/h5-6,8-9,13-16,18,23H,1-4,7,10-12H2,(H,25,26,27). The van der Waals surface area contributed by atoms with E-state index in [1.807, 2.05) is 12.4 Å². The molecule has 7 nitrogen and oxygen atoms in total. The number of hydrogen-bond donors (Lipinski definition) is 2. The lowest BCUT2D eigenvalue weighted by molar-refractivity contribution is 0.580. The van der Waals surface area contributed by atoms with Gasteiger partial charge in [0.25, 0.3) is 0 Å². The van der Waals surface area contributed by atoms with Crippen LogP contribution >= 0.6 is 0 Å². The summed E-state index contributed by atoms with van der Waals surface area (Å²) in [5, 5.41) is 7.04. The Morgan fingerprint density at radius 1 is 0.966 bits per heavy atom. The number of piperazine rings is 1. The molecule has 0 amide bonds. The summed E-state index contributed by atoms with van der Waals surface area (Å²) < 4.78 is 0. The summed E-state index contributed by atoms with van der Waals surface area (Å²) in [6.07, 6.45) is 8.94. The minimum absolute atomic E-state index is 0.604. The largest absolute Gasteiger partial charge is 0.365 e. The van der Waals surface area contributed by atoms with Gasteiger partial charge in [0.2, 0.25) is 0 Å². The van der Waals surface area contributed by atoms with Crippen molar-refractivity contribution < 1.29 is 0 Å². The highest BCUT2D eigenvalue weighted by molar-refractivity contribution is 5.66. The molecule has 0 radical (unpaired) electrons. The van der Waals surface area contributed by atoms with Crippen LogP contribution in [0.2, 0.25) is 0 Å². The molecular formula is C22H27N7. The predicted octanol–water partition coefficient (Wildman–Crippen LogP) is 2.50. The van der Waals surface area contributed by atoms with Gasteiger partial charge in [0.1, 0.15) is 17.5 Å². The quantitative estimate of drug-likeness (QED) is 0.814. The molecule has 0 aromatic carbocycles. The topological polar surface area (TPSA) is 69.2 Å². The number of anilines is 4. The highest BCUT2D eigenvalue weighted by Crippen LogP contribution is 2.46. The van der Waals surface area contributed by atoms with Crippen molar-refractivity contribution >= 4 is 23.1 Å². The highest BCUT2D eigenvalue weighted by atomic mass is 15.3. The van der Waals surface area contributed by atoms with Crippen molar-refractivity contribution in [1.82, 2.24) is 20.3 Å². The first-order chi connectivity index (χ1) is 14.3. The second-order valence-electron chi connectivity index (χ2n) is 9.60. The summed E-state index contributed by atoms with van der Waals surface area (Å²) in [6.45, 7) is 4.50. The van der Waals surface area contributed by atoms with Gasteiger partial charge in [0.05, 0.1) is 18.1 Å². The predicted molar refractivity (Wildman–Crippen MR) is 113 cm³/mol.